The Bertz CT molecular complexity index is 1010. The van der Waals surface area contributed by atoms with Crippen LogP contribution < -0.4 is 5.32 Å². The summed E-state index contributed by atoms with van der Waals surface area (Å²) in [5, 5.41) is 9.12. The first-order valence-corrected chi connectivity index (χ1v) is 10.9. The van der Waals surface area contributed by atoms with E-state index >= 15 is 0 Å². The highest BCUT2D eigenvalue weighted by Crippen LogP contribution is 2.21. The number of H-pyrrole nitrogens is 1. The molecule has 0 saturated carbocycles. The van der Waals surface area contributed by atoms with Crippen molar-refractivity contribution in [2.75, 3.05) is 38.2 Å². The van der Waals surface area contributed by atoms with Crippen molar-refractivity contribution < 1.29 is 27.5 Å². The number of nitrogens with zero attached hydrogens (tertiary/aromatic N) is 2. The van der Waals surface area contributed by atoms with Crippen LogP contribution >= 0.6 is 0 Å². The van der Waals surface area contributed by atoms with E-state index in [-0.39, 0.29) is 35.2 Å². The average molecular weight is 436 g/mol. The molecule has 1 fully saturated rings. The smallest absolute Gasteiger partial charge is 0.342 e. The third kappa shape index (κ3) is 5.04. The van der Waals surface area contributed by atoms with E-state index in [1.165, 1.54) is 28.7 Å². The maximum absolute atomic E-state index is 12.7. The lowest BCUT2D eigenvalue weighted by atomic mass is 10.1. The van der Waals surface area contributed by atoms with Gasteiger partial charge in [0.15, 0.2) is 6.61 Å². The summed E-state index contributed by atoms with van der Waals surface area (Å²) >= 11 is 0. The largest absolute Gasteiger partial charge is 0.452 e. The number of hydrogen-bond donors (Lipinski definition) is 2. The summed E-state index contributed by atoms with van der Waals surface area (Å²) in [6.07, 6.45) is 1.36. The van der Waals surface area contributed by atoms with Crippen molar-refractivity contribution in [1.29, 1.82) is 0 Å². The molecule has 10 nitrogen and oxygen atoms in total. The lowest BCUT2D eigenvalue weighted by molar-refractivity contribution is -0.119. The van der Waals surface area contributed by atoms with Gasteiger partial charge in [0.05, 0.1) is 30.0 Å². The summed E-state index contributed by atoms with van der Waals surface area (Å²) in [5.74, 6) is -1.20. The summed E-state index contributed by atoms with van der Waals surface area (Å²) in [7, 11) is -3.68. The topological polar surface area (TPSA) is 131 Å². The second kappa shape index (κ2) is 9.37. The van der Waals surface area contributed by atoms with E-state index in [1.54, 1.807) is 6.07 Å². The first-order chi connectivity index (χ1) is 14.3. The number of hydrogen-bond acceptors (Lipinski definition) is 7. The molecule has 2 aromatic rings. The van der Waals surface area contributed by atoms with E-state index in [9.17, 15) is 18.0 Å². The van der Waals surface area contributed by atoms with Gasteiger partial charge >= 0.3 is 5.97 Å². The van der Waals surface area contributed by atoms with Gasteiger partial charge in [0.25, 0.3) is 5.91 Å². The molecule has 0 spiro atoms. The number of nitrogens with one attached hydrogen (secondary N) is 2. The first kappa shape index (κ1) is 21.9. The molecule has 1 aliphatic rings. The van der Waals surface area contributed by atoms with Crippen molar-refractivity contribution in [3.05, 3.63) is 41.7 Å². The molecule has 2 heterocycles. The van der Waals surface area contributed by atoms with Crippen molar-refractivity contribution in [2.24, 2.45) is 0 Å². The number of carbonyl (C=O) groups is 2. The van der Waals surface area contributed by atoms with E-state index in [0.717, 1.165) is 0 Å². The third-order valence-corrected chi connectivity index (χ3v) is 6.42. The predicted octanol–water partition coefficient (Wildman–Crippen LogP) is 1.35. The van der Waals surface area contributed by atoms with Gasteiger partial charge in [0, 0.05) is 18.8 Å². The highest BCUT2D eigenvalue weighted by atomic mass is 32.2. The number of aromatic amines is 1. The Morgan fingerprint density at radius 2 is 2.03 bits per heavy atom. The molecular formula is C19H24N4O6S. The third-order valence-electron chi connectivity index (χ3n) is 4.53. The number of rotatable bonds is 7. The van der Waals surface area contributed by atoms with Gasteiger partial charge < -0.3 is 14.8 Å². The fourth-order valence-electron chi connectivity index (χ4n) is 2.98. The number of ether oxygens (including phenoxy) is 2. The number of esters is 1. The molecule has 1 aromatic heterocycles. The molecule has 3 rings (SSSR count). The van der Waals surface area contributed by atoms with Gasteiger partial charge in [0.2, 0.25) is 10.0 Å². The fourth-order valence-corrected chi connectivity index (χ4v) is 4.43. The molecule has 1 saturated heterocycles. The minimum Gasteiger partial charge on any atom is -0.452 e. The Morgan fingerprint density at radius 1 is 1.30 bits per heavy atom. The summed E-state index contributed by atoms with van der Waals surface area (Å²) in [6.45, 7) is 4.53. The molecule has 0 unspecified atom stereocenters. The van der Waals surface area contributed by atoms with Gasteiger partial charge in [-0.15, -0.1) is 0 Å². The van der Waals surface area contributed by atoms with E-state index < -0.39 is 28.5 Å². The maximum atomic E-state index is 12.7. The molecule has 1 amide bonds. The van der Waals surface area contributed by atoms with E-state index in [4.69, 9.17) is 9.47 Å². The summed E-state index contributed by atoms with van der Waals surface area (Å²) in [4.78, 5) is 24.4. The van der Waals surface area contributed by atoms with E-state index in [0.29, 0.717) is 18.9 Å². The zero-order chi connectivity index (χ0) is 21.7. The molecule has 2 N–H and O–H groups in total. The number of aromatic nitrogens is 2. The Kier molecular flexibility index (Phi) is 6.85. The van der Waals surface area contributed by atoms with Crippen LogP contribution in [0.15, 0.2) is 35.4 Å². The van der Waals surface area contributed by atoms with Gasteiger partial charge in [-0.25, -0.2) is 13.2 Å². The van der Waals surface area contributed by atoms with Crippen LogP contribution in [0.1, 0.15) is 35.8 Å². The maximum Gasteiger partial charge on any atom is 0.342 e. The normalized spacial score (nSPS) is 15.2. The minimum atomic E-state index is -3.68. The SMILES string of the molecule is CC(C)c1[nH]ncc1C(=O)OCC(=O)Nc1cccc(S(=O)(=O)N2CCOCC2)c1. The molecule has 30 heavy (non-hydrogen) atoms. The molecule has 11 heteroatoms. The zero-order valence-electron chi connectivity index (χ0n) is 16.8. The Balaban J connectivity index is 1.61. The van der Waals surface area contributed by atoms with Gasteiger partial charge in [-0.1, -0.05) is 19.9 Å². The Hall–Kier alpha value is -2.76. The highest BCUT2D eigenvalue weighted by molar-refractivity contribution is 7.89. The number of anilines is 1. The summed E-state index contributed by atoms with van der Waals surface area (Å²) in [6, 6.07) is 5.94. The average Bonchev–Trinajstić information content (AvgIpc) is 3.23. The van der Waals surface area contributed by atoms with Crippen molar-refractivity contribution in [3.63, 3.8) is 0 Å². The number of morpholine rings is 1. The molecule has 1 aliphatic heterocycles. The van der Waals surface area contributed by atoms with Crippen LogP contribution in [0.25, 0.3) is 0 Å². The zero-order valence-corrected chi connectivity index (χ0v) is 17.6. The first-order valence-electron chi connectivity index (χ1n) is 9.47. The van der Waals surface area contributed by atoms with E-state index in [2.05, 4.69) is 15.5 Å². The highest BCUT2D eigenvalue weighted by Gasteiger charge is 2.26. The Morgan fingerprint density at radius 3 is 2.73 bits per heavy atom. The standard InChI is InChI=1S/C19H24N4O6S/c1-13(2)18-16(11-20-22-18)19(25)29-12-17(24)21-14-4-3-5-15(10-14)30(26,27)23-6-8-28-9-7-23/h3-5,10-11,13H,6-9,12H2,1-2H3,(H,20,22)(H,21,24). The van der Waals surface area contributed by atoms with Crippen LogP contribution in [0.3, 0.4) is 0 Å². The number of carbonyl (C=O) groups excluding carboxylic acids is 2. The molecule has 0 bridgehead atoms. The number of benzene rings is 1. The molecular weight excluding hydrogens is 412 g/mol. The lowest BCUT2D eigenvalue weighted by Crippen LogP contribution is -2.40. The summed E-state index contributed by atoms with van der Waals surface area (Å²) < 4.78 is 37.1. The predicted molar refractivity (Wildman–Crippen MR) is 108 cm³/mol. The van der Waals surface area contributed by atoms with Crippen LogP contribution in [-0.2, 0) is 24.3 Å². The van der Waals surface area contributed by atoms with E-state index in [1.807, 2.05) is 13.8 Å². The van der Waals surface area contributed by atoms with Gasteiger partial charge in [-0.2, -0.15) is 9.40 Å². The minimum absolute atomic E-state index is 0.0417. The van der Waals surface area contributed by atoms with Crippen molar-refractivity contribution in [2.45, 2.75) is 24.7 Å². The monoisotopic (exact) mass is 436 g/mol. The molecule has 1 aromatic carbocycles. The van der Waals surface area contributed by atoms with Gasteiger partial charge in [0.1, 0.15) is 5.56 Å². The molecule has 0 aliphatic carbocycles. The summed E-state index contributed by atoms with van der Waals surface area (Å²) in [5.41, 5.74) is 1.19. The van der Waals surface area contributed by atoms with Gasteiger partial charge in [-0.3, -0.25) is 9.89 Å². The van der Waals surface area contributed by atoms with Crippen molar-refractivity contribution in [3.8, 4) is 0 Å². The van der Waals surface area contributed by atoms with Crippen LogP contribution in [0.2, 0.25) is 0 Å². The van der Waals surface area contributed by atoms with Crippen molar-refractivity contribution >= 4 is 27.6 Å². The Labute approximate surface area is 174 Å². The van der Waals surface area contributed by atoms with Crippen LogP contribution in [0.4, 0.5) is 5.69 Å². The quantitative estimate of drug-likeness (QED) is 0.627. The number of sulfonamides is 1. The van der Waals surface area contributed by atoms with Crippen LogP contribution in [-0.4, -0.2) is 67.7 Å². The second-order valence-corrected chi connectivity index (χ2v) is 8.96. The molecule has 162 valence electrons. The second-order valence-electron chi connectivity index (χ2n) is 7.02. The van der Waals surface area contributed by atoms with Crippen LogP contribution in [0.5, 0.6) is 0 Å². The fraction of sp³-hybridized carbons (Fsp3) is 0.421. The number of amides is 1. The van der Waals surface area contributed by atoms with Crippen LogP contribution in [0, 0.1) is 0 Å². The lowest BCUT2D eigenvalue weighted by Gasteiger charge is -2.26. The van der Waals surface area contributed by atoms with Gasteiger partial charge in [-0.05, 0) is 24.1 Å². The molecule has 0 radical (unpaired) electrons. The molecule has 0 atom stereocenters. The van der Waals surface area contributed by atoms with Crippen molar-refractivity contribution in [1.82, 2.24) is 14.5 Å².